The van der Waals surface area contributed by atoms with Gasteiger partial charge in [-0.15, -0.1) is 17.0 Å². The fourth-order valence-electron chi connectivity index (χ4n) is 1.22. The zero-order valence-corrected chi connectivity index (χ0v) is 7.38. The molecular formula is C6H12BrNO2. The van der Waals surface area contributed by atoms with Crippen molar-refractivity contribution in [3.8, 4) is 0 Å². The first kappa shape index (κ1) is 9.91. The Hall–Kier alpha value is -0.0900. The molecule has 0 radical (unpaired) electrons. The van der Waals surface area contributed by atoms with E-state index in [2.05, 4.69) is 0 Å². The number of hydrogen-bond donors (Lipinski definition) is 2. The molecule has 1 aliphatic rings. The molecule has 0 aromatic heterocycles. The lowest BCUT2D eigenvalue weighted by molar-refractivity contribution is -0.143. The van der Waals surface area contributed by atoms with Crippen molar-refractivity contribution in [2.45, 2.75) is 31.2 Å². The summed E-state index contributed by atoms with van der Waals surface area (Å²) in [5, 5.41) is 8.55. The predicted octanol–water partition coefficient (Wildman–Crippen LogP) is 0.920. The van der Waals surface area contributed by atoms with Crippen LogP contribution in [0.25, 0.3) is 0 Å². The number of hydrogen-bond acceptors (Lipinski definition) is 2. The van der Waals surface area contributed by atoms with Gasteiger partial charge in [-0.3, -0.25) is 4.79 Å². The Morgan fingerprint density at radius 1 is 1.40 bits per heavy atom. The van der Waals surface area contributed by atoms with Crippen molar-refractivity contribution >= 4 is 23.0 Å². The highest BCUT2D eigenvalue weighted by Crippen LogP contribution is 2.26. The van der Waals surface area contributed by atoms with Crippen molar-refractivity contribution in [1.82, 2.24) is 0 Å². The Bertz CT molecular complexity index is 132. The minimum absolute atomic E-state index is 0. The molecule has 0 saturated heterocycles. The van der Waals surface area contributed by atoms with Crippen molar-refractivity contribution < 1.29 is 9.90 Å². The zero-order valence-electron chi connectivity index (χ0n) is 5.67. The first-order valence-electron chi connectivity index (χ1n) is 3.17. The summed E-state index contributed by atoms with van der Waals surface area (Å²) in [5.41, 5.74) is 4.61. The third-order valence-corrected chi connectivity index (χ3v) is 1.92. The zero-order chi connectivity index (χ0) is 6.91. The normalized spacial score (nSPS) is 21.7. The fraction of sp³-hybridized carbons (Fsp3) is 0.833. The molecule has 60 valence electrons. The molecule has 0 amide bonds. The predicted molar refractivity (Wildman–Crippen MR) is 43.3 cm³/mol. The van der Waals surface area contributed by atoms with E-state index in [0.717, 1.165) is 12.8 Å². The number of nitrogens with two attached hydrogens (primary N) is 1. The maximum Gasteiger partial charge on any atom is 0.323 e. The van der Waals surface area contributed by atoms with Gasteiger partial charge in [0.15, 0.2) is 0 Å². The highest BCUT2D eigenvalue weighted by molar-refractivity contribution is 8.93. The average Bonchev–Trinajstić information content (AvgIpc) is 2.16. The highest BCUT2D eigenvalue weighted by Gasteiger charge is 2.36. The van der Waals surface area contributed by atoms with Crippen molar-refractivity contribution in [3.63, 3.8) is 0 Å². The van der Waals surface area contributed by atoms with Gasteiger partial charge in [-0.25, -0.2) is 0 Å². The summed E-state index contributed by atoms with van der Waals surface area (Å²) in [6.07, 6.45) is 3.20. The smallest absolute Gasteiger partial charge is 0.323 e. The molecule has 3 nitrogen and oxygen atoms in total. The minimum atomic E-state index is -0.889. The maximum absolute atomic E-state index is 10.4. The molecular weight excluding hydrogens is 198 g/mol. The van der Waals surface area contributed by atoms with Gasteiger partial charge in [0.05, 0.1) is 0 Å². The van der Waals surface area contributed by atoms with Crippen LogP contribution in [0.1, 0.15) is 25.7 Å². The second-order valence-electron chi connectivity index (χ2n) is 2.67. The van der Waals surface area contributed by atoms with Crippen LogP contribution in [0, 0.1) is 0 Å². The summed E-state index contributed by atoms with van der Waals surface area (Å²) < 4.78 is 0. The molecule has 4 heteroatoms. The van der Waals surface area contributed by atoms with Gasteiger partial charge in [-0.1, -0.05) is 12.8 Å². The lowest BCUT2D eigenvalue weighted by Gasteiger charge is -2.15. The van der Waals surface area contributed by atoms with E-state index >= 15 is 0 Å². The highest BCUT2D eigenvalue weighted by atomic mass is 79.9. The van der Waals surface area contributed by atoms with Crippen LogP contribution in [0.3, 0.4) is 0 Å². The minimum Gasteiger partial charge on any atom is -0.480 e. The molecule has 1 fully saturated rings. The van der Waals surface area contributed by atoms with Crippen LogP contribution < -0.4 is 5.73 Å². The second-order valence-corrected chi connectivity index (χ2v) is 2.67. The van der Waals surface area contributed by atoms with Crippen molar-refractivity contribution in [3.05, 3.63) is 0 Å². The molecule has 1 aliphatic carbocycles. The number of halogens is 1. The first-order chi connectivity index (χ1) is 4.15. The molecule has 1 saturated carbocycles. The fourth-order valence-corrected chi connectivity index (χ4v) is 1.22. The van der Waals surface area contributed by atoms with Gasteiger partial charge in [-0.05, 0) is 12.8 Å². The number of carboxylic acids is 1. The number of carbonyl (C=O) groups is 1. The molecule has 0 bridgehead atoms. The summed E-state index contributed by atoms with van der Waals surface area (Å²) in [4.78, 5) is 10.4. The molecule has 0 atom stereocenters. The number of aliphatic carboxylic acids is 1. The van der Waals surface area contributed by atoms with Crippen molar-refractivity contribution in [1.29, 1.82) is 0 Å². The first-order valence-corrected chi connectivity index (χ1v) is 3.17. The van der Waals surface area contributed by atoms with Crippen molar-refractivity contribution in [2.75, 3.05) is 0 Å². The summed E-state index contributed by atoms with van der Waals surface area (Å²) in [6.45, 7) is 0. The Kier molecular flexibility index (Phi) is 3.31. The van der Waals surface area contributed by atoms with Crippen LogP contribution in [-0.2, 0) is 4.79 Å². The Morgan fingerprint density at radius 3 is 2.00 bits per heavy atom. The molecule has 0 spiro atoms. The molecule has 0 heterocycles. The van der Waals surface area contributed by atoms with E-state index in [0.29, 0.717) is 12.8 Å². The third-order valence-electron chi connectivity index (χ3n) is 1.92. The monoisotopic (exact) mass is 209 g/mol. The third kappa shape index (κ3) is 1.70. The Labute approximate surface area is 70.4 Å². The molecule has 0 aromatic rings. The molecule has 0 aliphatic heterocycles. The van der Waals surface area contributed by atoms with E-state index in [4.69, 9.17) is 10.8 Å². The molecule has 10 heavy (non-hydrogen) atoms. The van der Waals surface area contributed by atoms with Gasteiger partial charge in [0.1, 0.15) is 5.54 Å². The molecule has 3 N–H and O–H groups in total. The van der Waals surface area contributed by atoms with Gasteiger partial charge in [0, 0.05) is 0 Å². The molecule has 0 aromatic carbocycles. The van der Waals surface area contributed by atoms with Gasteiger partial charge in [-0.2, -0.15) is 0 Å². The standard InChI is InChI=1S/C6H11NO2.BrH/c7-6(5(8)9)3-1-2-4-6;/h1-4,7H2,(H,8,9);1H. The van der Waals surface area contributed by atoms with Crippen LogP contribution in [0.2, 0.25) is 0 Å². The lowest BCUT2D eigenvalue weighted by atomic mass is 10.0. The van der Waals surface area contributed by atoms with E-state index in [9.17, 15) is 4.79 Å². The number of carboxylic acid groups (broad SMARTS) is 1. The van der Waals surface area contributed by atoms with E-state index in [1.165, 1.54) is 0 Å². The van der Waals surface area contributed by atoms with E-state index < -0.39 is 11.5 Å². The largest absolute Gasteiger partial charge is 0.480 e. The lowest BCUT2D eigenvalue weighted by Crippen LogP contribution is -2.44. The van der Waals surface area contributed by atoms with Gasteiger partial charge in [0.25, 0.3) is 0 Å². The molecule has 1 rings (SSSR count). The SMILES string of the molecule is Br.NC1(C(=O)O)CCCC1. The summed E-state index contributed by atoms with van der Waals surface area (Å²) in [5.74, 6) is -0.847. The van der Waals surface area contributed by atoms with Crippen LogP contribution in [0.4, 0.5) is 0 Å². The van der Waals surface area contributed by atoms with Crippen LogP contribution in [-0.4, -0.2) is 16.6 Å². The summed E-state index contributed by atoms with van der Waals surface area (Å²) >= 11 is 0. The summed E-state index contributed by atoms with van der Waals surface area (Å²) in [6, 6.07) is 0. The topological polar surface area (TPSA) is 63.3 Å². The second kappa shape index (κ2) is 3.34. The van der Waals surface area contributed by atoms with Crippen LogP contribution >= 0.6 is 17.0 Å². The van der Waals surface area contributed by atoms with Gasteiger partial charge in [0.2, 0.25) is 0 Å². The van der Waals surface area contributed by atoms with Crippen LogP contribution in [0.5, 0.6) is 0 Å². The number of rotatable bonds is 1. The van der Waals surface area contributed by atoms with Crippen molar-refractivity contribution in [2.24, 2.45) is 5.73 Å². The van der Waals surface area contributed by atoms with E-state index in [1.54, 1.807) is 0 Å². The van der Waals surface area contributed by atoms with E-state index in [1.807, 2.05) is 0 Å². The Morgan fingerprint density at radius 2 is 1.80 bits per heavy atom. The maximum atomic E-state index is 10.4. The molecule has 0 unspecified atom stereocenters. The van der Waals surface area contributed by atoms with Crippen LogP contribution in [0.15, 0.2) is 0 Å². The van der Waals surface area contributed by atoms with Gasteiger partial charge < -0.3 is 10.8 Å². The average molecular weight is 210 g/mol. The summed E-state index contributed by atoms with van der Waals surface area (Å²) in [7, 11) is 0. The van der Waals surface area contributed by atoms with E-state index in [-0.39, 0.29) is 17.0 Å². The Balaban J connectivity index is 0.000000810. The van der Waals surface area contributed by atoms with Gasteiger partial charge >= 0.3 is 5.97 Å². The quantitative estimate of drug-likeness (QED) is 0.676.